The Kier molecular flexibility index (Phi) is 3.35. The van der Waals surface area contributed by atoms with Crippen LogP contribution in [0.1, 0.15) is 0 Å². The van der Waals surface area contributed by atoms with Crippen LogP contribution in [0.3, 0.4) is 0 Å². The summed E-state index contributed by atoms with van der Waals surface area (Å²) in [4.78, 5) is 15.5. The van der Waals surface area contributed by atoms with Gasteiger partial charge in [0.1, 0.15) is 0 Å². The highest BCUT2D eigenvalue weighted by molar-refractivity contribution is 7.89. The Morgan fingerprint density at radius 3 is 2.67 bits per heavy atom. The lowest BCUT2D eigenvalue weighted by molar-refractivity contribution is -0.385. The van der Waals surface area contributed by atoms with E-state index in [0.717, 1.165) is 13.2 Å². The standard InChI is InChI=1S/C7H8N2O5S/c1-14-8-15(12,13)7-4-2-3-6(5-7)9(10)11/h2-5,8H,1H3. The molecule has 0 aliphatic heterocycles. The van der Waals surface area contributed by atoms with Crippen molar-refractivity contribution in [3.8, 4) is 0 Å². The van der Waals surface area contributed by atoms with Gasteiger partial charge in [0.2, 0.25) is 0 Å². The van der Waals surface area contributed by atoms with E-state index in [1.54, 1.807) is 4.89 Å². The Hall–Kier alpha value is -1.51. The van der Waals surface area contributed by atoms with E-state index in [1.807, 2.05) is 0 Å². The average Bonchev–Trinajstić information content (AvgIpc) is 2.18. The Morgan fingerprint density at radius 2 is 2.13 bits per heavy atom. The molecule has 15 heavy (non-hydrogen) atoms. The van der Waals surface area contributed by atoms with E-state index in [0.29, 0.717) is 0 Å². The minimum Gasteiger partial charge on any atom is -0.290 e. The van der Waals surface area contributed by atoms with Gasteiger partial charge in [0.05, 0.1) is 16.9 Å². The molecule has 8 heteroatoms. The number of nitrogens with zero attached hydrogens (tertiary/aromatic N) is 1. The van der Waals surface area contributed by atoms with Crippen molar-refractivity contribution in [2.75, 3.05) is 7.11 Å². The van der Waals surface area contributed by atoms with Gasteiger partial charge in [-0.05, 0) is 6.07 Å². The number of sulfonamides is 1. The van der Waals surface area contributed by atoms with Gasteiger partial charge in [-0.25, -0.2) is 8.42 Å². The Labute approximate surface area is 85.8 Å². The monoisotopic (exact) mass is 232 g/mol. The molecule has 82 valence electrons. The first kappa shape index (κ1) is 11.6. The molecule has 1 N–H and O–H groups in total. The number of nitrogens with one attached hydrogen (secondary N) is 1. The highest BCUT2D eigenvalue weighted by atomic mass is 32.2. The number of nitro groups is 1. The summed E-state index contributed by atoms with van der Waals surface area (Å²) in [5.74, 6) is 0. The minimum absolute atomic E-state index is 0.224. The van der Waals surface area contributed by atoms with Gasteiger partial charge in [0, 0.05) is 12.1 Å². The van der Waals surface area contributed by atoms with E-state index in [4.69, 9.17) is 0 Å². The zero-order valence-corrected chi connectivity index (χ0v) is 8.52. The molecule has 0 spiro atoms. The molecule has 1 aromatic carbocycles. The zero-order valence-electron chi connectivity index (χ0n) is 7.71. The van der Waals surface area contributed by atoms with E-state index in [9.17, 15) is 18.5 Å². The van der Waals surface area contributed by atoms with Crippen molar-refractivity contribution in [1.29, 1.82) is 0 Å². The lowest BCUT2D eigenvalue weighted by Crippen LogP contribution is -2.22. The first-order valence-electron chi connectivity index (χ1n) is 3.76. The molecule has 7 nitrogen and oxygen atoms in total. The molecule has 0 heterocycles. The van der Waals surface area contributed by atoms with Crippen LogP contribution in [0.25, 0.3) is 0 Å². The van der Waals surface area contributed by atoms with Gasteiger partial charge in [-0.2, -0.15) is 0 Å². The molecule has 1 rings (SSSR count). The average molecular weight is 232 g/mol. The van der Waals surface area contributed by atoms with Crippen molar-refractivity contribution >= 4 is 15.7 Å². The highest BCUT2D eigenvalue weighted by Crippen LogP contribution is 2.16. The molecular weight excluding hydrogens is 224 g/mol. The molecule has 0 fully saturated rings. The summed E-state index contributed by atoms with van der Waals surface area (Å²) < 4.78 is 22.7. The van der Waals surface area contributed by atoms with E-state index >= 15 is 0 Å². The molecular formula is C7H8N2O5S. The first-order valence-corrected chi connectivity index (χ1v) is 5.25. The molecule has 0 saturated heterocycles. The molecule has 0 bridgehead atoms. The quantitative estimate of drug-likeness (QED) is 0.599. The summed E-state index contributed by atoms with van der Waals surface area (Å²) in [6.07, 6.45) is 0. The maximum absolute atomic E-state index is 11.3. The third-order valence-electron chi connectivity index (χ3n) is 1.53. The van der Waals surface area contributed by atoms with Crippen LogP contribution in [0.15, 0.2) is 29.2 Å². The second-order valence-corrected chi connectivity index (χ2v) is 4.19. The van der Waals surface area contributed by atoms with Gasteiger partial charge < -0.3 is 0 Å². The lowest BCUT2D eigenvalue weighted by Gasteiger charge is -2.03. The SMILES string of the molecule is CONS(=O)(=O)c1cccc([N+](=O)[O-])c1. The number of hydrogen-bond acceptors (Lipinski definition) is 5. The van der Waals surface area contributed by atoms with Crippen molar-refractivity contribution in [3.63, 3.8) is 0 Å². The fourth-order valence-corrected chi connectivity index (χ4v) is 1.77. The van der Waals surface area contributed by atoms with Crippen LogP contribution in [0, 0.1) is 10.1 Å². The Bertz CT molecular complexity index is 470. The summed E-state index contributed by atoms with van der Waals surface area (Å²) in [7, 11) is -2.71. The highest BCUT2D eigenvalue weighted by Gasteiger charge is 2.16. The van der Waals surface area contributed by atoms with Crippen molar-refractivity contribution in [2.24, 2.45) is 0 Å². The largest absolute Gasteiger partial charge is 0.290 e. The van der Waals surface area contributed by atoms with Crippen LogP contribution in [-0.2, 0) is 14.9 Å². The number of hydrogen-bond donors (Lipinski definition) is 1. The Balaban J connectivity index is 3.16. The molecule has 0 aliphatic rings. The number of nitro benzene ring substituents is 1. The van der Waals surface area contributed by atoms with Crippen LogP contribution < -0.4 is 4.89 Å². The summed E-state index contributed by atoms with van der Waals surface area (Å²) in [6.45, 7) is 0. The summed E-state index contributed by atoms with van der Waals surface area (Å²) in [5.41, 5.74) is -0.297. The summed E-state index contributed by atoms with van der Waals surface area (Å²) in [5, 5.41) is 10.4. The number of non-ortho nitro benzene ring substituents is 1. The van der Waals surface area contributed by atoms with Crippen LogP contribution in [-0.4, -0.2) is 20.5 Å². The topological polar surface area (TPSA) is 98.5 Å². The van der Waals surface area contributed by atoms with Gasteiger partial charge in [-0.3, -0.25) is 15.0 Å². The molecule has 0 atom stereocenters. The van der Waals surface area contributed by atoms with E-state index in [-0.39, 0.29) is 10.6 Å². The first-order chi connectivity index (χ1) is 6.97. The third kappa shape index (κ3) is 2.72. The van der Waals surface area contributed by atoms with E-state index < -0.39 is 14.9 Å². The van der Waals surface area contributed by atoms with Crippen LogP contribution in [0.5, 0.6) is 0 Å². The lowest BCUT2D eigenvalue weighted by atomic mass is 10.3. The molecule has 0 aliphatic carbocycles. The van der Waals surface area contributed by atoms with Crippen molar-refractivity contribution in [2.45, 2.75) is 4.90 Å². The van der Waals surface area contributed by atoms with Gasteiger partial charge in [0.15, 0.2) is 0 Å². The zero-order chi connectivity index (χ0) is 11.5. The van der Waals surface area contributed by atoms with Crippen LogP contribution in [0.2, 0.25) is 0 Å². The molecule has 0 unspecified atom stereocenters. The second-order valence-electron chi connectivity index (χ2n) is 2.55. The van der Waals surface area contributed by atoms with Gasteiger partial charge >= 0.3 is 0 Å². The van der Waals surface area contributed by atoms with Crippen molar-refractivity contribution < 1.29 is 18.2 Å². The maximum Gasteiger partial charge on any atom is 0.270 e. The minimum atomic E-state index is -3.84. The number of rotatable bonds is 4. The van der Waals surface area contributed by atoms with Gasteiger partial charge in [0.25, 0.3) is 15.7 Å². The predicted octanol–water partition coefficient (Wildman–Crippen LogP) is 0.434. The van der Waals surface area contributed by atoms with Gasteiger partial charge in [-0.15, -0.1) is 0 Å². The Morgan fingerprint density at radius 1 is 1.47 bits per heavy atom. The smallest absolute Gasteiger partial charge is 0.270 e. The maximum atomic E-state index is 11.3. The van der Waals surface area contributed by atoms with Crippen LogP contribution >= 0.6 is 0 Å². The summed E-state index contributed by atoms with van der Waals surface area (Å²) >= 11 is 0. The molecule has 0 saturated carbocycles. The van der Waals surface area contributed by atoms with E-state index in [1.165, 1.54) is 18.2 Å². The van der Waals surface area contributed by atoms with Gasteiger partial charge in [-0.1, -0.05) is 11.0 Å². The van der Waals surface area contributed by atoms with Crippen molar-refractivity contribution in [3.05, 3.63) is 34.4 Å². The molecule has 0 radical (unpaired) electrons. The fourth-order valence-electron chi connectivity index (χ4n) is 0.922. The predicted molar refractivity (Wildman–Crippen MR) is 50.4 cm³/mol. The normalized spacial score (nSPS) is 11.3. The molecule has 0 amide bonds. The molecule has 1 aromatic rings. The van der Waals surface area contributed by atoms with Crippen LogP contribution in [0.4, 0.5) is 5.69 Å². The summed E-state index contributed by atoms with van der Waals surface area (Å²) in [6, 6.07) is 4.66. The van der Waals surface area contributed by atoms with Crippen molar-refractivity contribution in [1.82, 2.24) is 4.89 Å². The van der Waals surface area contributed by atoms with E-state index in [2.05, 4.69) is 4.84 Å². The second kappa shape index (κ2) is 4.34. The third-order valence-corrected chi connectivity index (χ3v) is 2.79. The molecule has 0 aromatic heterocycles. The fraction of sp³-hybridized carbons (Fsp3) is 0.143. The number of benzene rings is 1.